The van der Waals surface area contributed by atoms with Gasteiger partial charge in [0.15, 0.2) is 0 Å². The van der Waals surface area contributed by atoms with Crippen molar-refractivity contribution in [3.8, 4) is 0 Å². The van der Waals surface area contributed by atoms with E-state index in [1.807, 2.05) is 0 Å². The fourth-order valence-electron chi connectivity index (χ4n) is 1.08. The molecule has 0 aromatic carbocycles. The third-order valence-electron chi connectivity index (χ3n) is 1.57. The van der Waals surface area contributed by atoms with Gasteiger partial charge in [-0.1, -0.05) is 19.3 Å². The molecule has 2 nitrogen and oxygen atoms in total. The van der Waals surface area contributed by atoms with E-state index in [4.69, 9.17) is 10.8 Å². The summed E-state index contributed by atoms with van der Waals surface area (Å²) in [4.78, 5) is 0. The van der Waals surface area contributed by atoms with Crippen molar-refractivity contribution in [2.75, 3.05) is 7.05 Å². The topological polar surface area (TPSA) is 44.0 Å². The van der Waals surface area contributed by atoms with E-state index >= 15 is 0 Å². The Bertz CT molecular complexity index is 55.6. The van der Waals surface area contributed by atoms with Crippen LogP contribution in [0.3, 0.4) is 0 Å². The van der Waals surface area contributed by atoms with Crippen LogP contribution in [0.2, 0.25) is 0 Å². The van der Waals surface area contributed by atoms with Crippen LogP contribution in [-0.2, 0) is 0 Å². The second kappa shape index (κ2) is 10.6. The molecule has 0 amide bonds. The van der Waals surface area contributed by atoms with E-state index in [1.165, 1.54) is 26.3 Å². The van der Waals surface area contributed by atoms with Crippen LogP contribution >= 0.6 is 0 Å². The Balaban J connectivity index is 0. The second-order valence-corrected chi connectivity index (χ2v) is 2.29. The minimum atomic E-state index is 0. The minimum absolute atomic E-state index is 0. The normalized spacial score (nSPS) is 18.3. The first-order valence-electron chi connectivity index (χ1n) is 3.57. The van der Waals surface area contributed by atoms with Gasteiger partial charge in [0.25, 0.3) is 0 Å². The van der Waals surface area contributed by atoms with E-state index < -0.39 is 0 Å². The average molecular weight is 169 g/mol. The molecule has 0 aromatic rings. The molecule has 1 aliphatic carbocycles. The number of rotatable bonds is 0. The Hall–Kier alpha value is 1.56. The van der Waals surface area contributed by atoms with E-state index in [2.05, 4.69) is 0 Å². The summed E-state index contributed by atoms with van der Waals surface area (Å²) in [6, 6.07) is 0. The maximum absolute atomic E-state index is 8.91. The van der Waals surface area contributed by atoms with Crippen molar-refractivity contribution in [3.63, 3.8) is 0 Å². The molecule has 1 rings (SSSR count). The van der Waals surface area contributed by atoms with Crippen molar-refractivity contribution >= 4 is 0 Å². The van der Waals surface area contributed by atoms with E-state index in [9.17, 15) is 0 Å². The molecule has 3 heteroatoms. The first-order valence-corrected chi connectivity index (χ1v) is 3.57. The zero-order valence-corrected chi connectivity index (χ0v) is 10.2. The molecular weight excluding hydrogens is 153 g/mol. The molecular formula is C7H16KNO. The maximum Gasteiger partial charge on any atom is 1.00 e. The zero-order chi connectivity index (χ0) is 7.11. The molecule has 10 heavy (non-hydrogen) atoms. The van der Waals surface area contributed by atoms with Crippen molar-refractivity contribution < 1.29 is 56.5 Å². The van der Waals surface area contributed by atoms with Crippen molar-refractivity contribution in [2.45, 2.75) is 38.2 Å². The van der Waals surface area contributed by atoms with Gasteiger partial charge in [-0.3, -0.25) is 0 Å². The third kappa shape index (κ3) is 7.66. The van der Waals surface area contributed by atoms with Gasteiger partial charge in [-0.25, -0.2) is 0 Å². The van der Waals surface area contributed by atoms with Crippen molar-refractivity contribution in [1.29, 1.82) is 0 Å². The van der Waals surface area contributed by atoms with E-state index in [1.54, 1.807) is 0 Å². The first kappa shape index (κ1) is 14.1. The van der Waals surface area contributed by atoms with E-state index in [0.29, 0.717) is 0 Å². The van der Waals surface area contributed by atoms with Gasteiger partial charge in [0.2, 0.25) is 0 Å². The SMILES string of the molecule is C[NH-].OC1CCCCC1.[K+]. The number of aliphatic hydroxyl groups is 1. The largest absolute Gasteiger partial charge is 1.00 e. The smallest absolute Gasteiger partial charge is 0.680 e. The standard InChI is InChI=1S/C6H12O.CH4N.K/c7-6-4-2-1-3-5-6;1-2;/h6-7H,1-5H2;2H,1H3;/q;-1;+1. The van der Waals surface area contributed by atoms with Crippen molar-refractivity contribution in [1.82, 2.24) is 0 Å². The van der Waals surface area contributed by atoms with Crippen LogP contribution in [0, 0.1) is 0 Å². The van der Waals surface area contributed by atoms with Gasteiger partial charge in [0, 0.05) is 0 Å². The summed E-state index contributed by atoms with van der Waals surface area (Å²) in [7, 11) is 1.25. The molecule has 0 aliphatic heterocycles. The quantitative estimate of drug-likeness (QED) is 0.464. The minimum Gasteiger partial charge on any atom is -0.680 e. The molecule has 0 aromatic heterocycles. The third-order valence-corrected chi connectivity index (χ3v) is 1.57. The summed E-state index contributed by atoms with van der Waals surface area (Å²) in [5.41, 5.74) is 5.75. The Morgan fingerprint density at radius 2 is 1.50 bits per heavy atom. The van der Waals surface area contributed by atoms with Crippen LogP contribution in [-0.4, -0.2) is 18.3 Å². The summed E-state index contributed by atoms with van der Waals surface area (Å²) in [6.45, 7) is 0. The van der Waals surface area contributed by atoms with Crippen molar-refractivity contribution in [3.05, 3.63) is 5.73 Å². The van der Waals surface area contributed by atoms with Gasteiger partial charge in [-0.2, -0.15) is 7.05 Å². The molecule has 1 aliphatic rings. The fourth-order valence-corrected chi connectivity index (χ4v) is 1.08. The molecule has 0 atom stereocenters. The number of hydrogen-bond donors (Lipinski definition) is 1. The second-order valence-electron chi connectivity index (χ2n) is 2.29. The van der Waals surface area contributed by atoms with Gasteiger partial charge in [0.1, 0.15) is 0 Å². The summed E-state index contributed by atoms with van der Waals surface area (Å²) < 4.78 is 0. The van der Waals surface area contributed by atoms with E-state index in [0.717, 1.165) is 12.8 Å². The predicted octanol–water partition coefficient (Wildman–Crippen LogP) is -1.02. The molecule has 1 fully saturated rings. The Morgan fingerprint density at radius 1 is 1.10 bits per heavy atom. The van der Waals surface area contributed by atoms with Crippen LogP contribution in [0.1, 0.15) is 32.1 Å². The molecule has 0 radical (unpaired) electrons. The molecule has 0 bridgehead atoms. The molecule has 0 unspecified atom stereocenters. The summed E-state index contributed by atoms with van der Waals surface area (Å²) in [5.74, 6) is 0. The van der Waals surface area contributed by atoms with Crippen molar-refractivity contribution in [2.24, 2.45) is 0 Å². The van der Waals surface area contributed by atoms with Gasteiger partial charge < -0.3 is 10.8 Å². The average Bonchev–Trinajstić information content (AvgIpc) is 1.94. The number of aliphatic hydroxyl groups excluding tert-OH is 1. The van der Waals surface area contributed by atoms with Gasteiger partial charge in [-0.05, 0) is 12.8 Å². The van der Waals surface area contributed by atoms with Gasteiger partial charge in [-0.15, -0.1) is 0 Å². The van der Waals surface area contributed by atoms with Gasteiger partial charge >= 0.3 is 51.4 Å². The van der Waals surface area contributed by atoms with Gasteiger partial charge in [0.05, 0.1) is 6.10 Å². The van der Waals surface area contributed by atoms with E-state index in [-0.39, 0.29) is 57.5 Å². The fraction of sp³-hybridized carbons (Fsp3) is 1.00. The Morgan fingerprint density at radius 3 is 1.70 bits per heavy atom. The van der Waals surface area contributed by atoms with Crippen LogP contribution < -0.4 is 51.4 Å². The van der Waals surface area contributed by atoms with Crippen LogP contribution in [0.15, 0.2) is 0 Å². The summed E-state index contributed by atoms with van der Waals surface area (Å²) in [5, 5.41) is 8.91. The Kier molecular flexibility index (Phi) is 14.9. The zero-order valence-electron chi connectivity index (χ0n) is 7.06. The monoisotopic (exact) mass is 169 g/mol. The number of hydrogen-bond acceptors (Lipinski definition) is 1. The summed E-state index contributed by atoms with van der Waals surface area (Å²) in [6.07, 6.45) is 5.92. The first-order chi connectivity index (χ1) is 4.39. The van der Waals surface area contributed by atoms with Crippen LogP contribution in [0.25, 0.3) is 5.73 Å². The Labute approximate surface area is 106 Å². The predicted molar refractivity (Wildman–Crippen MR) is 39.3 cm³/mol. The molecule has 1 saturated carbocycles. The number of nitrogens with one attached hydrogen (secondary N) is 1. The summed E-state index contributed by atoms with van der Waals surface area (Å²) >= 11 is 0. The van der Waals surface area contributed by atoms with Crippen LogP contribution in [0.4, 0.5) is 0 Å². The molecule has 0 spiro atoms. The molecule has 0 heterocycles. The molecule has 2 N–H and O–H groups in total. The molecule has 56 valence electrons. The molecule has 0 saturated heterocycles. The van der Waals surface area contributed by atoms with Crippen LogP contribution in [0.5, 0.6) is 0 Å². The maximum atomic E-state index is 8.91.